The van der Waals surface area contributed by atoms with Gasteiger partial charge >= 0.3 is 0 Å². The van der Waals surface area contributed by atoms with Crippen LogP contribution in [0.3, 0.4) is 0 Å². The molecule has 2 bridgehead atoms. The molecule has 5 heteroatoms. The first kappa shape index (κ1) is 19.8. The molecule has 4 rings (SSSR count). The van der Waals surface area contributed by atoms with Gasteiger partial charge in [0.05, 0.1) is 20.1 Å². The molecule has 2 aromatic rings. The van der Waals surface area contributed by atoms with Crippen LogP contribution in [-0.2, 0) is 10.3 Å². The molecule has 2 saturated heterocycles. The fourth-order valence-electron chi connectivity index (χ4n) is 5.41. The number of hydrogen-bond acceptors (Lipinski definition) is 3. The average molecular weight is 489 g/mol. The lowest BCUT2D eigenvalue weighted by Crippen LogP contribution is -3.00. The number of piperidine rings is 1. The summed E-state index contributed by atoms with van der Waals surface area (Å²) in [6.07, 6.45) is 7.92. The van der Waals surface area contributed by atoms with Gasteiger partial charge in [-0.3, -0.25) is 0 Å². The van der Waals surface area contributed by atoms with Gasteiger partial charge in [-0.05, 0) is 35.7 Å². The smallest absolute Gasteiger partial charge is 0.142 e. The highest BCUT2D eigenvalue weighted by Gasteiger charge is 2.61. The molecule has 0 spiro atoms. The summed E-state index contributed by atoms with van der Waals surface area (Å²) in [5.74, 6) is 0. The van der Waals surface area contributed by atoms with E-state index < -0.39 is 0 Å². The summed E-state index contributed by atoms with van der Waals surface area (Å²) in [6.45, 7) is 0. The minimum absolute atomic E-state index is 0. The number of fused-ring (bicyclic) bond motifs is 2. The Hall–Kier alpha value is 0.0500. The maximum Gasteiger partial charge on any atom is 0.142 e. The van der Waals surface area contributed by atoms with Gasteiger partial charge in [0, 0.05) is 42.5 Å². The maximum atomic E-state index is 6.38. The molecular formula is C20H28INOS2. The third kappa shape index (κ3) is 2.94. The van der Waals surface area contributed by atoms with Crippen LogP contribution in [0.4, 0.5) is 0 Å². The lowest BCUT2D eigenvalue weighted by Gasteiger charge is -2.53. The second-order valence-corrected chi connectivity index (χ2v) is 9.91. The molecule has 2 fully saturated rings. The second kappa shape index (κ2) is 7.23. The van der Waals surface area contributed by atoms with Gasteiger partial charge in [0.15, 0.2) is 0 Å². The quantitative estimate of drug-likeness (QED) is 0.463. The second-order valence-electron chi connectivity index (χ2n) is 8.01. The molecule has 4 heterocycles. The molecular weight excluding hydrogens is 461 g/mol. The Morgan fingerprint density at radius 1 is 1.12 bits per heavy atom. The predicted octanol–water partition coefficient (Wildman–Crippen LogP) is 2.26. The van der Waals surface area contributed by atoms with Crippen LogP contribution >= 0.6 is 22.7 Å². The first-order chi connectivity index (χ1) is 11.5. The van der Waals surface area contributed by atoms with E-state index in [9.17, 15) is 0 Å². The SMILES string of the molecule is COC(CC12CCCC(CC1)[N+]2(C)C)(c1cccs1)c1cccs1.[I-]. The Bertz CT molecular complexity index is 644. The van der Waals surface area contributed by atoms with Gasteiger partial charge in [0.25, 0.3) is 0 Å². The highest BCUT2D eigenvalue weighted by molar-refractivity contribution is 7.11. The average Bonchev–Trinajstić information content (AvgIpc) is 3.28. The van der Waals surface area contributed by atoms with Crippen LogP contribution in [0.15, 0.2) is 35.0 Å². The van der Waals surface area contributed by atoms with Crippen LogP contribution in [0, 0.1) is 0 Å². The Labute approximate surface area is 176 Å². The minimum atomic E-state index is -0.288. The van der Waals surface area contributed by atoms with Gasteiger partial charge in [0.1, 0.15) is 11.1 Å². The van der Waals surface area contributed by atoms with Crippen LogP contribution in [0.25, 0.3) is 0 Å². The lowest BCUT2D eigenvalue weighted by atomic mass is 9.75. The third-order valence-corrected chi connectivity index (χ3v) is 9.05. The monoisotopic (exact) mass is 489 g/mol. The van der Waals surface area contributed by atoms with Gasteiger partial charge < -0.3 is 33.2 Å². The zero-order valence-electron chi connectivity index (χ0n) is 15.3. The third-order valence-electron chi connectivity index (χ3n) is 7.02. The van der Waals surface area contributed by atoms with E-state index >= 15 is 0 Å². The maximum absolute atomic E-state index is 6.38. The highest BCUT2D eigenvalue weighted by atomic mass is 127. The first-order valence-corrected chi connectivity index (χ1v) is 10.8. The summed E-state index contributed by atoms with van der Waals surface area (Å²) in [5, 5.41) is 4.37. The number of thiophene rings is 2. The van der Waals surface area contributed by atoms with Gasteiger partial charge in [0.2, 0.25) is 0 Å². The summed E-state index contributed by atoms with van der Waals surface area (Å²) in [5.41, 5.74) is 0.0526. The lowest BCUT2D eigenvalue weighted by molar-refractivity contribution is -0.957. The molecule has 0 aliphatic carbocycles. The molecule has 2 aliphatic heterocycles. The number of nitrogens with zero attached hydrogens (tertiary/aromatic N) is 1. The topological polar surface area (TPSA) is 9.23 Å². The molecule has 2 atom stereocenters. The number of methoxy groups -OCH3 is 1. The molecule has 2 aromatic heterocycles. The molecule has 2 nitrogen and oxygen atoms in total. The van der Waals surface area contributed by atoms with Gasteiger partial charge in [-0.1, -0.05) is 12.1 Å². The van der Waals surface area contributed by atoms with Crippen LogP contribution < -0.4 is 24.0 Å². The molecule has 0 saturated carbocycles. The summed E-state index contributed by atoms with van der Waals surface area (Å²) < 4.78 is 7.55. The van der Waals surface area contributed by atoms with Crippen molar-refractivity contribution in [3.8, 4) is 0 Å². The Balaban J connectivity index is 0.00000182. The van der Waals surface area contributed by atoms with Crippen molar-refractivity contribution in [3.05, 3.63) is 44.8 Å². The molecule has 138 valence electrons. The van der Waals surface area contributed by atoms with Gasteiger partial charge in [-0.25, -0.2) is 0 Å². The van der Waals surface area contributed by atoms with E-state index in [1.165, 1.54) is 46.3 Å². The number of ether oxygens (including phenoxy) is 1. The number of rotatable bonds is 5. The Morgan fingerprint density at radius 3 is 2.28 bits per heavy atom. The minimum Gasteiger partial charge on any atom is -1.00 e. The van der Waals surface area contributed by atoms with Crippen molar-refractivity contribution >= 4 is 22.7 Å². The van der Waals surface area contributed by atoms with E-state index in [2.05, 4.69) is 49.1 Å². The van der Waals surface area contributed by atoms with E-state index in [1.54, 1.807) is 0 Å². The van der Waals surface area contributed by atoms with Crippen molar-refractivity contribution in [1.29, 1.82) is 0 Å². The van der Waals surface area contributed by atoms with Gasteiger partial charge in [-0.2, -0.15) is 0 Å². The molecule has 25 heavy (non-hydrogen) atoms. The fraction of sp³-hybridized carbons (Fsp3) is 0.600. The van der Waals surface area contributed by atoms with Crippen LogP contribution in [0.5, 0.6) is 0 Å². The van der Waals surface area contributed by atoms with Crippen molar-refractivity contribution in [2.24, 2.45) is 0 Å². The van der Waals surface area contributed by atoms with E-state index in [4.69, 9.17) is 4.74 Å². The standard InChI is InChI=1S/C20H28NOS2.HI/c1-21(2)16-7-4-11-19(21,12-10-16)15-20(22-3,17-8-5-13-23-17)18-9-6-14-24-18;/h5-6,8-9,13-14,16H,4,7,10-12,15H2,1-3H3;1H/q+1;/p-1. The molecule has 0 N–H and O–H groups in total. The molecule has 0 radical (unpaired) electrons. The summed E-state index contributed by atoms with van der Waals surface area (Å²) in [4.78, 5) is 2.71. The van der Waals surface area contributed by atoms with Crippen molar-refractivity contribution in [2.45, 2.75) is 55.7 Å². The molecule has 2 aliphatic rings. The molecule has 0 amide bonds. The summed E-state index contributed by atoms with van der Waals surface area (Å²) in [6, 6.07) is 9.69. The molecule has 0 aromatic carbocycles. The van der Waals surface area contributed by atoms with E-state index in [1.807, 2.05) is 29.8 Å². The normalized spacial score (nSPS) is 27.9. The van der Waals surface area contributed by atoms with E-state index in [0.717, 1.165) is 12.5 Å². The number of halogens is 1. The van der Waals surface area contributed by atoms with Crippen molar-refractivity contribution in [1.82, 2.24) is 0 Å². The van der Waals surface area contributed by atoms with Crippen molar-refractivity contribution in [2.75, 3.05) is 21.2 Å². The van der Waals surface area contributed by atoms with E-state index in [-0.39, 0.29) is 29.6 Å². The van der Waals surface area contributed by atoms with Crippen molar-refractivity contribution < 1.29 is 33.2 Å². The van der Waals surface area contributed by atoms with Crippen LogP contribution in [-0.4, -0.2) is 37.3 Å². The van der Waals surface area contributed by atoms with Crippen LogP contribution in [0.2, 0.25) is 0 Å². The van der Waals surface area contributed by atoms with Crippen LogP contribution in [0.1, 0.15) is 48.3 Å². The Morgan fingerprint density at radius 2 is 1.76 bits per heavy atom. The zero-order valence-corrected chi connectivity index (χ0v) is 19.1. The Kier molecular flexibility index (Phi) is 5.72. The zero-order chi connectivity index (χ0) is 16.8. The fourth-order valence-corrected chi connectivity index (χ4v) is 7.31. The molecule has 2 unspecified atom stereocenters. The highest BCUT2D eigenvalue weighted by Crippen LogP contribution is 2.55. The van der Waals surface area contributed by atoms with Crippen molar-refractivity contribution in [3.63, 3.8) is 0 Å². The largest absolute Gasteiger partial charge is 1.00 e. The van der Waals surface area contributed by atoms with Gasteiger partial charge in [-0.15, -0.1) is 22.7 Å². The summed E-state index contributed by atoms with van der Waals surface area (Å²) >= 11 is 3.68. The van der Waals surface area contributed by atoms with E-state index in [0.29, 0.717) is 5.54 Å². The predicted molar refractivity (Wildman–Crippen MR) is 103 cm³/mol. The number of hydrogen-bond donors (Lipinski definition) is 0. The first-order valence-electron chi connectivity index (χ1n) is 9.01. The summed E-state index contributed by atoms with van der Waals surface area (Å²) in [7, 11) is 6.85. The number of quaternary nitrogens is 1.